The summed E-state index contributed by atoms with van der Waals surface area (Å²) in [6.45, 7) is 4.54. The van der Waals surface area contributed by atoms with Crippen molar-refractivity contribution in [2.24, 2.45) is 11.3 Å². The fourth-order valence-corrected chi connectivity index (χ4v) is 3.66. The Bertz CT molecular complexity index is 569. The topological polar surface area (TPSA) is 50.8 Å². The van der Waals surface area contributed by atoms with Gasteiger partial charge in [-0.05, 0) is 17.7 Å². The number of fused-ring (bicyclic) bond motifs is 1. The number of nitrogens with one attached hydrogen (secondary N) is 1. The van der Waals surface area contributed by atoms with Crippen LogP contribution >= 0.6 is 0 Å². The summed E-state index contributed by atoms with van der Waals surface area (Å²) < 4.78 is 23.8. The van der Waals surface area contributed by atoms with Crippen molar-refractivity contribution >= 4 is 5.91 Å². The van der Waals surface area contributed by atoms with Crippen molar-refractivity contribution in [1.82, 2.24) is 10.2 Å². The lowest BCUT2D eigenvalue weighted by Gasteiger charge is -2.27. The standard InChI is InChI=1S/C17H23FN2O3/c1-22-9-16(21)19-10-17-11-20(7-14(17)8-23-12-17)6-13-3-2-4-15(18)5-13/h2-5,14H,6-12H2,1H3,(H,19,21)/t14-,17+/m1/s1. The van der Waals surface area contributed by atoms with Crippen LogP contribution < -0.4 is 5.32 Å². The molecule has 5 nitrogen and oxygen atoms in total. The molecule has 6 heteroatoms. The van der Waals surface area contributed by atoms with E-state index in [0.29, 0.717) is 19.1 Å². The van der Waals surface area contributed by atoms with Crippen LogP contribution in [0.3, 0.4) is 0 Å². The van der Waals surface area contributed by atoms with Crippen molar-refractivity contribution in [1.29, 1.82) is 0 Å². The highest BCUT2D eigenvalue weighted by Crippen LogP contribution is 2.41. The van der Waals surface area contributed by atoms with Gasteiger partial charge in [0.15, 0.2) is 0 Å². The van der Waals surface area contributed by atoms with Crippen molar-refractivity contribution in [3.63, 3.8) is 0 Å². The lowest BCUT2D eigenvalue weighted by atomic mass is 9.81. The predicted molar refractivity (Wildman–Crippen MR) is 83.3 cm³/mol. The number of nitrogens with zero attached hydrogens (tertiary/aromatic N) is 1. The van der Waals surface area contributed by atoms with Gasteiger partial charge in [-0.2, -0.15) is 0 Å². The largest absolute Gasteiger partial charge is 0.380 e. The van der Waals surface area contributed by atoms with Crippen molar-refractivity contribution in [3.05, 3.63) is 35.6 Å². The maximum atomic E-state index is 13.3. The summed E-state index contributed by atoms with van der Waals surface area (Å²) in [5.74, 6) is 0.0989. The van der Waals surface area contributed by atoms with E-state index in [9.17, 15) is 9.18 Å². The Kier molecular flexibility index (Phi) is 4.94. The first-order valence-corrected chi connectivity index (χ1v) is 7.91. The van der Waals surface area contributed by atoms with Gasteiger partial charge in [-0.15, -0.1) is 0 Å². The van der Waals surface area contributed by atoms with Crippen molar-refractivity contribution in [2.45, 2.75) is 6.54 Å². The molecule has 2 saturated heterocycles. The molecule has 126 valence electrons. The van der Waals surface area contributed by atoms with Gasteiger partial charge in [-0.1, -0.05) is 12.1 Å². The van der Waals surface area contributed by atoms with E-state index in [2.05, 4.69) is 10.2 Å². The first-order chi connectivity index (χ1) is 11.1. The Labute approximate surface area is 135 Å². The number of likely N-dealkylation sites (tertiary alicyclic amines) is 1. The lowest BCUT2D eigenvalue weighted by Crippen LogP contribution is -2.44. The Morgan fingerprint density at radius 1 is 1.57 bits per heavy atom. The maximum Gasteiger partial charge on any atom is 0.246 e. The van der Waals surface area contributed by atoms with Gasteiger partial charge < -0.3 is 14.8 Å². The van der Waals surface area contributed by atoms with E-state index < -0.39 is 0 Å². The predicted octanol–water partition coefficient (Wildman–Crippen LogP) is 1.04. The van der Waals surface area contributed by atoms with E-state index >= 15 is 0 Å². The van der Waals surface area contributed by atoms with Crippen LogP contribution in [0.4, 0.5) is 4.39 Å². The number of hydrogen-bond donors (Lipinski definition) is 1. The summed E-state index contributed by atoms with van der Waals surface area (Å²) in [6.07, 6.45) is 0. The van der Waals surface area contributed by atoms with Gasteiger partial charge >= 0.3 is 0 Å². The average molecular weight is 322 g/mol. The summed E-state index contributed by atoms with van der Waals surface area (Å²) in [6, 6.07) is 6.73. The minimum Gasteiger partial charge on any atom is -0.380 e. The number of halogens is 1. The van der Waals surface area contributed by atoms with Crippen LogP contribution in [-0.4, -0.2) is 57.4 Å². The number of benzene rings is 1. The molecule has 1 aromatic carbocycles. The van der Waals surface area contributed by atoms with Gasteiger partial charge in [0.25, 0.3) is 0 Å². The van der Waals surface area contributed by atoms with Gasteiger partial charge in [-0.25, -0.2) is 4.39 Å². The summed E-state index contributed by atoms with van der Waals surface area (Å²) in [7, 11) is 1.51. The first kappa shape index (κ1) is 16.4. The molecule has 2 aliphatic heterocycles. The summed E-state index contributed by atoms with van der Waals surface area (Å²) in [5, 5.41) is 2.95. The van der Waals surface area contributed by atoms with Gasteiger partial charge in [0, 0.05) is 44.6 Å². The van der Waals surface area contributed by atoms with Crippen LogP contribution in [0.1, 0.15) is 5.56 Å². The van der Waals surface area contributed by atoms with Crippen molar-refractivity contribution in [3.8, 4) is 0 Å². The number of rotatable bonds is 6. The Balaban J connectivity index is 1.61. The quantitative estimate of drug-likeness (QED) is 0.850. The minimum absolute atomic E-state index is 0.0449. The molecule has 1 amide bonds. The second-order valence-corrected chi connectivity index (χ2v) is 6.58. The minimum atomic E-state index is -0.202. The Morgan fingerprint density at radius 2 is 2.43 bits per heavy atom. The van der Waals surface area contributed by atoms with Crippen molar-refractivity contribution in [2.75, 3.05) is 46.6 Å². The highest BCUT2D eigenvalue weighted by Gasteiger charge is 2.50. The number of hydrogen-bond acceptors (Lipinski definition) is 4. The van der Waals surface area contributed by atoms with E-state index in [1.807, 2.05) is 6.07 Å². The molecule has 0 radical (unpaired) electrons. The van der Waals surface area contributed by atoms with Gasteiger partial charge in [0.1, 0.15) is 12.4 Å². The highest BCUT2D eigenvalue weighted by atomic mass is 19.1. The van der Waals surface area contributed by atoms with Crippen LogP contribution in [0.15, 0.2) is 24.3 Å². The monoisotopic (exact) mass is 322 g/mol. The smallest absolute Gasteiger partial charge is 0.246 e. The molecule has 0 bridgehead atoms. The molecule has 2 aliphatic rings. The molecule has 0 aromatic heterocycles. The molecule has 0 spiro atoms. The summed E-state index contributed by atoms with van der Waals surface area (Å²) in [5.41, 5.74) is 0.931. The normalized spacial score (nSPS) is 27.1. The molecule has 0 saturated carbocycles. The number of ether oxygens (including phenoxy) is 2. The van der Waals surface area contributed by atoms with Crippen LogP contribution in [0, 0.1) is 17.2 Å². The number of carbonyl (C=O) groups excluding carboxylic acids is 1. The zero-order chi connectivity index (χ0) is 16.3. The van der Waals surface area contributed by atoms with Gasteiger partial charge in [0.2, 0.25) is 5.91 Å². The molecule has 23 heavy (non-hydrogen) atoms. The third-order valence-electron chi connectivity index (χ3n) is 4.80. The number of amides is 1. The van der Waals surface area contributed by atoms with E-state index in [0.717, 1.165) is 31.8 Å². The van der Waals surface area contributed by atoms with Crippen LogP contribution in [0.25, 0.3) is 0 Å². The molecular weight excluding hydrogens is 299 g/mol. The molecule has 0 aliphatic carbocycles. The SMILES string of the molecule is COCC(=O)NC[C@]12COC[C@H]1CN(Cc1cccc(F)c1)C2. The van der Waals surface area contributed by atoms with Crippen LogP contribution in [-0.2, 0) is 20.8 Å². The van der Waals surface area contributed by atoms with Crippen LogP contribution in [0.2, 0.25) is 0 Å². The Morgan fingerprint density at radius 3 is 3.22 bits per heavy atom. The van der Waals surface area contributed by atoms with Crippen molar-refractivity contribution < 1.29 is 18.7 Å². The highest BCUT2D eigenvalue weighted by molar-refractivity contribution is 5.77. The van der Waals surface area contributed by atoms with Gasteiger partial charge in [-0.3, -0.25) is 9.69 Å². The molecule has 2 fully saturated rings. The molecule has 0 unspecified atom stereocenters. The zero-order valence-electron chi connectivity index (χ0n) is 13.4. The second-order valence-electron chi connectivity index (χ2n) is 6.58. The fraction of sp³-hybridized carbons (Fsp3) is 0.588. The third kappa shape index (κ3) is 3.71. The third-order valence-corrected chi connectivity index (χ3v) is 4.80. The molecule has 1 aromatic rings. The molecule has 3 rings (SSSR count). The summed E-state index contributed by atoms with van der Waals surface area (Å²) in [4.78, 5) is 14.0. The maximum absolute atomic E-state index is 13.3. The van der Waals surface area contributed by atoms with E-state index in [1.165, 1.54) is 13.2 Å². The first-order valence-electron chi connectivity index (χ1n) is 7.91. The van der Waals surface area contributed by atoms with Crippen LogP contribution in [0.5, 0.6) is 0 Å². The van der Waals surface area contributed by atoms with E-state index in [-0.39, 0.29) is 23.7 Å². The molecule has 2 atom stereocenters. The fourth-order valence-electron chi connectivity index (χ4n) is 3.66. The van der Waals surface area contributed by atoms with Gasteiger partial charge in [0.05, 0.1) is 13.2 Å². The molecular formula is C17H23FN2O3. The number of methoxy groups -OCH3 is 1. The zero-order valence-corrected chi connectivity index (χ0v) is 13.4. The number of carbonyl (C=O) groups is 1. The molecule has 2 heterocycles. The summed E-state index contributed by atoms with van der Waals surface area (Å²) >= 11 is 0. The Hall–Kier alpha value is -1.50. The lowest BCUT2D eigenvalue weighted by molar-refractivity contribution is -0.125. The van der Waals surface area contributed by atoms with E-state index in [4.69, 9.17) is 9.47 Å². The molecule has 1 N–H and O–H groups in total. The average Bonchev–Trinajstić information content (AvgIpc) is 3.02. The second kappa shape index (κ2) is 6.95. The van der Waals surface area contributed by atoms with E-state index in [1.54, 1.807) is 12.1 Å².